The van der Waals surface area contributed by atoms with Crippen molar-refractivity contribution in [2.24, 2.45) is 0 Å². The quantitative estimate of drug-likeness (QED) is 0.677. The summed E-state index contributed by atoms with van der Waals surface area (Å²) in [6.45, 7) is 0.494. The van der Waals surface area contributed by atoms with Crippen molar-refractivity contribution in [3.63, 3.8) is 0 Å². The Morgan fingerprint density at radius 2 is 1.80 bits per heavy atom. The van der Waals surface area contributed by atoms with E-state index in [0.29, 0.717) is 11.8 Å². The molecule has 0 radical (unpaired) electrons. The van der Waals surface area contributed by atoms with E-state index in [4.69, 9.17) is 33.7 Å². The molecule has 0 saturated heterocycles. The summed E-state index contributed by atoms with van der Waals surface area (Å²) >= 11 is 12.1. The van der Waals surface area contributed by atoms with Gasteiger partial charge in [-0.3, -0.25) is 0 Å². The first-order valence-electron chi connectivity index (χ1n) is 7.92. The summed E-state index contributed by atoms with van der Waals surface area (Å²) in [5, 5.41) is 1.16. The summed E-state index contributed by atoms with van der Waals surface area (Å²) in [5.74, 6) is 1.02. The van der Waals surface area contributed by atoms with E-state index in [-0.39, 0.29) is 5.95 Å². The van der Waals surface area contributed by atoms with Crippen molar-refractivity contribution in [2.75, 3.05) is 5.73 Å². The van der Waals surface area contributed by atoms with Crippen LogP contribution in [0.2, 0.25) is 10.2 Å². The molecule has 0 atom stereocenters. The zero-order chi connectivity index (χ0) is 17.4. The van der Waals surface area contributed by atoms with Crippen LogP contribution in [0, 0.1) is 0 Å². The van der Waals surface area contributed by atoms with E-state index in [1.165, 1.54) is 5.56 Å². The number of rotatable bonds is 3. The number of halogens is 2. The van der Waals surface area contributed by atoms with Crippen LogP contribution in [0.15, 0.2) is 42.5 Å². The van der Waals surface area contributed by atoms with Gasteiger partial charge in [0.1, 0.15) is 17.5 Å². The lowest BCUT2D eigenvalue weighted by atomic mass is 9.89. The molecule has 25 heavy (non-hydrogen) atoms. The molecule has 4 nitrogen and oxygen atoms in total. The van der Waals surface area contributed by atoms with Crippen molar-refractivity contribution in [1.82, 2.24) is 9.97 Å². The molecule has 0 bridgehead atoms. The molecule has 1 aliphatic rings. The molecule has 1 aromatic heterocycles. The average Bonchev–Trinajstić information content (AvgIpc) is 2.60. The molecule has 0 amide bonds. The van der Waals surface area contributed by atoms with E-state index < -0.39 is 0 Å². The van der Waals surface area contributed by atoms with Crippen LogP contribution in [-0.4, -0.2) is 9.97 Å². The topological polar surface area (TPSA) is 61.0 Å². The molecule has 0 fully saturated rings. The molecule has 2 aromatic carbocycles. The normalized spacial score (nSPS) is 12.4. The van der Waals surface area contributed by atoms with Gasteiger partial charge in [-0.1, -0.05) is 35.3 Å². The third kappa shape index (κ3) is 3.28. The minimum atomic E-state index is 0.194. The molecule has 3 aromatic rings. The molecule has 0 unspecified atom stereocenters. The van der Waals surface area contributed by atoms with Crippen molar-refractivity contribution in [3.05, 3.63) is 69.3 Å². The maximum atomic E-state index is 6.21. The van der Waals surface area contributed by atoms with E-state index in [9.17, 15) is 0 Å². The number of fused-ring (bicyclic) bond motifs is 3. The maximum Gasteiger partial charge on any atom is 0.222 e. The fraction of sp³-hybridized carbons (Fsp3) is 0.158. The number of nitrogens with two attached hydrogens (primary N) is 1. The number of aromatic nitrogens is 2. The van der Waals surface area contributed by atoms with Gasteiger partial charge < -0.3 is 10.5 Å². The van der Waals surface area contributed by atoms with Gasteiger partial charge in [-0.15, -0.1) is 0 Å². The highest BCUT2D eigenvalue weighted by Gasteiger charge is 2.21. The summed E-state index contributed by atoms with van der Waals surface area (Å²) in [5.41, 5.74) is 10.8. The number of hydrogen-bond acceptors (Lipinski definition) is 4. The first-order valence-corrected chi connectivity index (χ1v) is 8.68. The molecule has 0 saturated carbocycles. The average molecular weight is 372 g/mol. The first kappa shape index (κ1) is 16.2. The molecule has 0 aliphatic heterocycles. The molecule has 0 spiro atoms. The van der Waals surface area contributed by atoms with Crippen molar-refractivity contribution in [2.45, 2.75) is 19.4 Å². The standard InChI is InChI=1S/C19H15Cl2N3O/c20-13-4-1-11(2-5-13)10-25-14-6-8-15-12(9-14)3-7-16-17(15)23-19(22)24-18(16)21/h1-2,4-6,8-9H,3,7,10H2,(H2,22,23,24). The predicted molar refractivity (Wildman–Crippen MR) is 100 cm³/mol. The summed E-state index contributed by atoms with van der Waals surface area (Å²) < 4.78 is 5.91. The van der Waals surface area contributed by atoms with Gasteiger partial charge in [0.25, 0.3) is 0 Å². The number of nitrogens with zero attached hydrogens (tertiary/aromatic N) is 2. The highest BCUT2D eigenvalue weighted by molar-refractivity contribution is 6.30. The third-order valence-corrected chi connectivity index (χ3v) is 4.83. The Bertz CT molecular complexity index is 942. The summed E-state index contributed by atoms with van der Waals surface area (Å²) in [4.78, 5) is 8.42. The maximum absolute atomic E-state index is 6.21. The van der Waals surface area contributed by atoms with Gasteiger partial charge in [-0.25, -0.2) is 9.97 Å². The van der Waals surface area contributed by atoms with Gasteiger partial charge >= 0.3 is 0 Å². The monoisotopic (exact) mass is 371 g/mol. The van der Waals surface area contributed by atoms with Crippen LogP contribution in [-0.2, 0) is 19.4 Å². The van der Waals surface area contributed by atoms with Crippen LogP contribution in [0.25, 0.3) is 11.3 Å². The Balaban J connectivity index is 1.59. The second kappa shape index (κ2) is 6.54. The van der Waals surface area contributed by atoms with Crippen molar-refractivity contribution < 1.29 is 4.74 Å². The van der Waals surface area contributed by atoms with Crippen LogP contribution in [0.4, 0.5) is 5.95 Å². The van der Waals surface area contributed by atoms with E-state index in [1.54, 1.807) is 0 Å². The van der Waals surface area contributed by atoms with E-state index in [1.807, 2.05) is 36.4 Å². The number of anilines is 1. The van der Waals surface area contributed by atoms with Crippen LogP contribution in [0.3, 0.4) is 0 Å². The van der Waals surface area contributed by atoms with E-state index in [0.717, 1.165) is 46.0 Å². The number of nitrogen functional groups attached to an aromatic ring is 1. The SMILES string of the molecule is Nc1nc(Cl)c2c(n1)-c1ccc(OCc3ccc(Cl)cc3)cc1CC2. The van der Waals surface area contributed by atoms with Gasteiger partial charge in [0, 0.05) is 16.1 Å². The second-order valence-electron chi connectivity index (χ2n) is 5.93. The number of aryl methyl sites for hydroxylation is 1. The van der Waals surface area contributed by atoms with Gasteiger partial charge in [0.05, 0.1) is 5.69 Å². The lowest BCUT2D eigenvalue weighted by Crippen LogP contribution is -2.10. The largest absolute Gasteiger partial charge is 0.489 e. The summed E-state index contributed by atoms with van der Waals surface area (Å²) in [6, 6.07) is 13.6. The van der Waals surface area contributed by atoms with Crippen LogP contribution in [0.5, 0.6) is 5.75 Å². The van der Waals surface area contributed by atoms with Gasteiger partial charge in [-0.05, 0) is 54.3 Å². The molecule has 4 rings (SSSR count). The summed E-state index contributed by atoms with van der Waals surface area (Å²) in [7, 11) is 0. The van der Waals surface area contributed by atoms with Gasteiger partial charge in [0.2, 0.25) is 5.95 Å². The zero-order valence-electron chi connectivity index (χ0n) is 13.3. The van der Waals surface area contributed by atoms with Crippen LogP contribution < -0.4 is 10.5 Å². The highest BCUT2D eigenvalue weighted by Crippen LogP contribution is 2.37. The molecular formula is C19H15Cl2N3O. The Morgan fingerprint density at radius 3 is 2.60 bits per heavy atom. The minimum Gasteiger partial charge on any atom is -0.489 e. The van der Waals surface area contributed by atoms with Gasteiger partial charge in [0.15, 0.2) is 0 Å². The Morgan fingerprint density at radius 1 is 1.00 bits per heavy atom. The van der Waals surface area contributed by atoms with E-state index >= 15 is 0 Å². The molecule has 126 valence electrons. The minimum absolute atomic E-state index is 0.194. The fourth-order valence-electron chi connectivity index (χ4n) is 3.02. The number of benzene rings is 2. The fourth-order valence-corrected chi connectivity index (χ4v) is 3.42. The van der Waals surface area contributed by atoms with Crippen molar-refractivity contribution in [1.29, 1.82) is 0 Å². The van der Waals surface area contributed by atoms with Crippen LogP contribution >= 0.6 is 23.2 Å². The Kier molecular flexibility index (Phi) is 4.24. The predicted octanol–water partition coefficient (Wildman–Crippen LogP) is 4.71. The van der Waals surface area contributed by atoms with Crippen molar-refractivity contribution in [3.8, 4) is 17.0 Å². The zero-order valence-corrected chi connectivity index (χ0v) is 14.8. The van der Waals surface area contributed by atoms with Crippen molar-refractivity contribution >= 4 is 29.2 Å². The van der Waals surface area contributed by atoms with Gasteiger partial charge in [-0.2, -0.15) is 0 Å². The number of ether oxygens (including phenoxy) is 1. The summed E-state index contributed by atoms with van der Waals surface area (Å²) in [6.07, 6.45) is 1.66. The lowest BCUT2D eigenvalue weighted by molar-refractivity contribution is 0.306. The Labute approximate surface area is 155 Å². The molecule has 2 N–H and O–H groups in total. The lowest BCUT2D eigenvalue weighted by Gasteiger charge is -2.20. The highest BCUT2D eigenvalue weighted by atomic mass is 35.5. The van der Waals surface area contributed by atoms with Crippen LogP contribution in [0.1, 0.15) is 16.7 Å². The number of hydrogen-bond donors (Lipinski definition) is 1. The molecule has 1 heterocycles. The second-order valence-corrected chi connectivity index (χ2v) is 6.73. The molecular weight excluding hydrogens is 357 g/mol. The smallest absolute Gasteiger partial charge is 0.222 e. The third-order valence-electron chi connectivity index (χ3n) is 4.27. The Hall–Kier alpha value is -2.30. The molecule has 1 aliphatic carbocycles. The van der Waals surface area contributed by atoms with E-state index in [2.05, 4.69) is 16.0 Å². The first-order chi connectivity index (χ1) is 12.1. The molecule has 6 heteroatoms.